The zero-order chi connectivity index (χ0) is 20.1. The number of imidazole rings is 1. The molecule has 150 valence electrons. The summed E-state index contributed by atoms with van der Waals surface area (Å²) in [6.07, 6.45) is 6.91. The number of aromatic nitrogens is 3. The van der Waals surface area contributed by atoms with Crippen LogP contribution in [0.3, 0.4) is 0 Å². The highest BCUT2D eigenvalue weighted by Gasteiger charge is 2.21. The van der Waals surface area contributed by atoms with Crippen LogP contribution in [-0.4, -0.2) is 46.6 Å². The molecule has 7 heteroatoms. The zero-order valence-corrected chi connectivity index (χ0v) is 16.7. The quantitative estimate of drug-likeness (QED) is 0.699. The minimum Gasteiger partial charge on any atom is -0.368 e. The number of aryl methyl sites for hydroxylation is 1. The normalized spacial score (nSPS) is 14.1. The molecule has 7 nitrogen and oxygen atoms in total. The number of amides is 1. The molecule has 0 bridgehead atoms. The molecule has 0 aliphatic carbocycles. The van der Waals surface area contributed by atoms with Crippen molar-refractivity contribution in [2.45, 2.75) is 20.0 Å². The van der Waals surface area contributed by atoms with Crippen molar-refractivity contribution in [2.75, 3.05) is 36.0 Å². The molecular weight excluding hydrogens is 364 g/mol. The minimum atomic E-state index is -0.0397. The summed E-state index contributed by atoms with van der Waals surface area (Å²) >= 11 is 0. The number of nitrogens with zero attached hydrogens (tertiary/aromatic N) is 5. The lowest BCUT2D eigenvalue weighted by molar-refractivity contribution is -0.121. The first-order chi connectivity index (χ1) is 14.2. The van der Waals surface area contributed by atoms with Gasteiger partial charge in [-0.1, -0.05) is 24.3 Å². The lowest BCUT2D eigenvalue weighted by atomic mass is 10.1. The molecule has 4 rings (SSSR count). The van der Waals surface area contributed by atoms with Crippen molar-refractivity contribution in [3.8, 4) is 0 Å². The van der Waals surface area contributed by atoms with E-state index < -0.39 is 0 Å². The van der Waals surface area contributed by atoms with Gasteiger partial charge in [0.25, 0.3) is 0 Å². The number of para-hydroxylation sites is 1. The van der Waals surface area contributed by atoms with E-state index in [1.165, 1.54) is 11.3 Å². The van der Waals surface area contributed by atoms with Gasteiger partial charge in [-0.3, -0.25) is 4.79 Å². The third-order valence-corrected chi connectivity index (χ3v) is 5.26. The number of hydrogen-bond acceptors (Lipinski definition) is 5. The van der Waals surface area contributed by atoms with Crippen molar-refractivity contribution in [3.63, 3.8) is 0 Å². The molecule has 1 amide bonds. The summed E-state index contributed by atoms with van der Waals surface area (Å²) in [7, 11) is 0. The van der Waals surface area contributed by atoms with Gasteiger partial charge in [-0.15, -0.1) is 0 Å². The molecule has 1 fully saturated rings. The Morgan fingerprint density at radius 2 is 1.83 bits per heavy atom. The van der Waals surface area contributed by atoms with E-state index in [2.05, 4.69) is 56.3 Å². The fraction of sp³-hybridized carbons (Fsp3) is 0.318. The standard InChI is InChI=1S/C22H26N6O/c1-18-5-2-3-7-20(18)27-11-13-28(14-12-27)22-19(6-4-8-24-22)15-25-21(29)16-26-10-9-23-17-26/h2-10,17H,11-16H2,1H3,(H,25,29). The third kappa shape index (κ3) is 4.56. The van der Waals surface area contributed by atoms with Gasteiger partial charge < -0.3 is 19.7 Å². The van der Waals surface area contributed by atoms with Crippen molar-refractivity contribution in [1.29, 1.82) is 0 Å². The molecule has 2 aromatic heterocycles. The average molecular weight is 390 g/mol. The van der Waals surface area contributed by atoms with Gasteiger partial charge in [-0.25, -0.2) is 9.97 Å². The van der Waals surface area contributed by atoms with Gasteiger partial charge in [0.1, 0.15) is 12.4 Å². The Labute approximate surface area is 171 Å². The molecule has 1 N–H and O–H groups in total. The number of piperazine rings is 1. The van der Waals surface area contributed by atoms with Gasteiger partial charge >= 0.3 is 0 Å². The van der Waals surface area contributed by atoms with E-state index in [0.29, 0.717) is 6.54 Å². The average Bonchev–Trinajstić information content (AvgIpc) is 3.26. The summed E-state index contributed by atoms with van der Waals surface area (Å²) in [6.45, 7) is 6.61. The fourth-order valence-corrected chi connectivity index (χ4v) is 3.73. The zero-order valence-electron chi connectivity index (χ0n) is 16.7. The van der Waals surface area contributed by atoms with Crippen molar-refractivity contribution < 1.29 is 4.79 Å². The Morgan fingerprint density at radius 3 is 2.59 bits per heavy atom. The van der Waals surface area contributed by atoms with E-state index in [4.69, 9.17) is 0 Å². The molecule has 0 spiro atoms. The van der Waals surface area contributed by atoms with E-state index in [0.717, 1.165) is 37.6 Å². The van der Waals surface area contributed by atoms with Crippen molar-refractivity contribution >= 4 is 17.4 Å². The molecule has 3 aromatic rings. The molecule has 1 aliphatic heterocycles. The van der Waals surface area contributed by atoms with Crippen LogP contribution in [0.25, 0.3) is 0 Å². The van der Waals surface area contributed by atoms with Gasteiger partial charge in [-0.05, 0) is 24.6 Å². The molecule has 0 atom stereocenters. The Kier molecular flexibility index (Phi) is 5.74. The maximum Gasteiger partial charge on any atom is 0.240 e. The molecule has 1 aliphatic rings. The van der Waals surface area contributed by atoms with Gasteiger partial charge in [-0.2, -0.15) is 0 Å². The van der Waals surface area contributed by atoms with E-state index in [-0.39, 0.29) is 12.5 Å². The van der Waals surface area contributed by atoms with Crippen LogP contribution in [-0.2, 0) is 17.9 Å². The summed E-state index contributed by atoms with van der Waals surface area (Å²) in [5.41, 5.74) is 3.65. The Morgan fingerprint density at radius 1 is 1.03 bits per heavy atom. The lowest BCUT2D eigenvalue weighted by Gasteiger charge is -2.38. The van der Waals surface area contributed by atoms with Gasteiger partial charge in [0.15, 0.2) is 0 Å². The van der Waals surface area contributed by atoms with Crippen LogP contribution in [0.2, 0.25) is 0 Å². The van der Waals surface area contributed by atoms with Crippen molar-refractivity contribution in [2.24, 2.45) is 0 Å². The van der Waals surface area contributed by atoms with Crippen LogP contribution in [0.15, 0.2) is 61.3 Å². The Bertz CT molecular complexity index is 947. The summed E-state index contributed by atoms with van der Waals surface area (Å²) < 4.78 is 1.75. The van der Waals surface area contributed by atoms with Crippen LogP contribution in [0, 0.1) is 6.92 Å². The van der Waals surface area contributed by atoms with Crippen LogP contribution < -0.4 is 15.1 Å². The number of anilines is 2. The van der Waals surface area contributed by atoms with Gasteiger partial charge in [0, 0.05) is 62.6 Å². The second-order valence-corrected chi connectivity index (χ2v) is 7.26. The molecule has 0 unspecified atom stereocenters. The number of pyridine rings is 1. The summed E-state index contributed by atoms with van der Waals surface area (Å²) in [4.78, 5) is 25.5. The van der Waals surface area contributed by atoms with Crippen molar-refractivity contribution in [1.82, 2.24) is 19.9 Å². The molecular formula is C22H26N6O. The highest BCUT2D eigenvalue weighted by molar-refractivity contribution is 5.75. The summed E-state index contributed by atoms with van der Waals surface area (Å²) in [5.74, 6) is 0.919. The highest BCUT2D eigenvalue weighted by atomic mass is 16.1. The monoisotopic (exact) mass is 390 g/mol. The number of nitrogens with one attached hydrogen (secondary N) is 1. The Hall–Kier alpha value is -3.35. The van der Waals surface area contributed by atoms with Crippen LogP contribution in [0.4, 0.5) is 11.5 Å². The maximum absolute atomic E-state index is 12.2. The first-order valence-electron chi connectivity index (χ1n) is 9.92. The second kappa shape index (κ2) is 8.77. The molecule has 0 saturated carbocycles. The predicted octanol–water partition coefficient (Wildman–Crippen LogP) is 2.23. The minimum absolute atomic E-state index is 0.0397. The largest absolute Gasteiger partial charge is 0.368 e. The molecule has 3 heterocycles. The molecule has 1 saturated heterocycles. The topological polar surface area (TPSA) is 66.3 Å². The van der Waals surface area contributed by atoms with E-state index in [1.807, 2.05) is 18.3 Å². The number of carbonyl (C=O) groups excluding carboxylic acids is 1. The smallest absolute Gasteiger partial charge is 0.240 e. The highest BCUT2D eigenvalue weighted by Crippen LogP contribution is 2.24. The number of rotatable bonds is 6. The molecule has 29 heavy (non-hydrogen) atoms. The molecule has 0 radical (unpaired) electrons. The van der Waals surface area contributed by atoms with Crippen LogP contribution in [0.1, 0.15) is 11.1 Å². The van der Waals surface area contributed by atoms with Crippen molar-refractivity contribution in [3.05, 3.63) is 72.4 Å². The van der Waals surface area contributed by atoms with Crippen LogP contribution >= 0.6 is 0 Å². The fourth-order valence-electron chi connectivity index (χ4n) is 3.73. The summed E-state index contributed by atoms with van der Waals surface area (Å²) in [6, 6.07) is 12.5. The first kappa shape index (κ1) is 19.0. The van der Waals surface area contributed by atoms with E-state index in [1.54, 1.807) is 23.3 Å². The first-order valence-corrected chi connectivity index (χ1v) is 9.92. The van der Waals surface area contributed by atoms with Gasteiger partial charge in [0.2, 0.25) is 5.91 Å². The third-order valence-electron chi connectivity index (χ3n) is 5.26. The predicted molar refractivity (Wildman–Crippen MR) is 114 cm³/mol. The van der Waals surface area contributed by atoms with Gasteiger partial charge in [0.05, 0.1) is 6.33 Å². The maximum atomic E-state index is 12.2. The van der Waals surface area contributed by atoms with Crippen LogP contribution in [0.5, 0.6) is 0 Å². The molecule has 1 aromatic carbocycles. The number of carbonyl (C=O) groups is 1. The van der Waals surface area contributed by atoms with E-state index in [9.17, 15) is 4.79 Å². The number of benzene rings is 1. The number of hydrogen-bond donors (Lipinski definition) is 1. The second-order valence-electron chi connectivity index (χ2n) is 7.26. The lowest BCUT2D eigenvalue weighted by Crippen LogP contribution is -2.47. The SMILES string of the molecule is Cc1ccccc1N1CCN(c2ncccc2CNC(=O)Cn2ccnc2)CC1. The van der Waals surface area contributed by atoms with E-state index >= 15 is 0 Å². The Balaban J connectivity index is 1.37. The summed E-state index contributed by atoms with van der Waals surface area (Å²) in [5, 5.41) is 2.99.